The van der Waals surface area contributed by atoms with Crippen molar-refractivity contribution in [2.75, 3.05) is 26.3 Å². The van der Waals surface area contributed by atoms with Crippen LogP contribution in [0.5, 0.6) is 0 Å². The highest BCUT2D eigenvalue weighted by Crippen LogP contribution is 2.32. The molecule has 0 aromatic carbocycles. The third-order valence-corrected chi connectivity index (χ3v) is 5.27. The number of hydrogen-bond donors (Lipinski definition) is 1. The number of ether oxygens (including phenoxy) is 1. The van der Waals surface area contributed by atoms with E-state index in [0.29, 0.717) is 43.9 Å². The summed E-state index contributed by atoms with van der Waals surface area (Å²) in [4.78, 5) is 23.7. The monoisotopic (exact) mass is 371 g/mol. The summed E-state index contributed by atoms with van der Waals surface area (Å²) in [7, 11) is 0. The number of nitrogens with zero attached hydrogens (tertiary/aromatic N) is 4. The molecule has 2 aromatic heterocycles. The maximum absolute atomic E-state index is 13.0. The molecule has 1 aliphatic carbocycles. The lowest BCUT2D eigenvalue weighted by Gasteiger charge is -2.33. The Morgan fingerprint density at radius 2 is 2.11 bits per heavy atom. The number of nitrogens with one attached hydrogen (secondary N) is 1. The summed E-state index contributed by atoms with van der Waals surface area (Å²) in [6.45, 7) is 2.93. The van der Waals surface area contributed by atoms with E-state index in [1.54, 1.807) is 12.4 Å². The molecule has 2 aliphatic rings. The van der Waals surface area contributed by atoms with Crippen molar-refractivity contribution in [1.29, 1.82) is 0 Å². The average Bonchev–Trinajstić information content (AvgIpc) is 3.40. The van der Waals surface area contributed by atoms with E-state index >= 15 is 0 Å². The largest absolute Gasteiger partial charge is 0.379 e. The van der Waals surface area contributed by atoms with Gasteiger partial charge >= 0.3 is 0 Å². The molecule has 1 aliphatic heterocycles. The lowest BCUT2D eigenvalue weighted by molar-refractivity contribution is -0.128. The molecule has 144 valence electrons. The van der Waals surface area contributed by atoms with Crippen molar-refractivity contribution >= 4 is 5.91 Å². The highest BCUT2D eigenvalue weighted by Gasteiger charge is 2.29. The zero-order chi connectivity index (χ0) is 18.5. The summed E-state index contributed by atoms with van der Waals surface area (Å²) in [5.74, 6) is 1.52. The molecule has 2 aromatic rings. The van der Waals surface area contributed by atoms with Gasteiger partial charge in [0.05, 0.1) is 19.8 Å². The van der Waals surface area contributed by atoms with Gasteiger partial charge in [0.15, 0.2) is 5.82 Å². The number of amides is 1. The zero-order valence-corrected chi connectivity index (χ0v) is 15.3. The van der Waals surface area contributed by atoms with Crippen LogP contribution < -0.4 is 5.32 Å². The van der Waals surface area contributed by atoms with Gasteiger partial charge in [0.2, 0.25) is 11.8 Å². The van der Waals surface area contributed by atoms with E-state index in [1.807, 2.05) is 12.1 Å². The molecule has 1 amide bonds. The topological polar surface area (TPSA) is 93.4 Å². The molecule has 4 rings (SSSR count). The molecule has 8 heteroatoms. The standard InChI is InChI=1S/C19H25N5O3/c25-18(21-13-16-22-19(27-23-16)14-4-1-2-5-14)17(15-6-3-7-20-12-15)24-8-10-26-11-9-24/h3,6-7,12,14,17H,1-2,4-5,8-11,13H2,(H,21,25)/t17-/m0/s1. The zero-order valence-electron chi connectivity index (χ0n) is 15.3. The van der Waals surface area contributed by atoms with E-state index in [2.05, 4.69) is 25.3 Å². The van der Waals surface area contributed by atoms with E-state index in [4.69, 9.17) is 9.26 Å². The van der Waals surface area contributed by atoms with Crippen LogP contribution in [0, 0.1) is 0 Å². The van der Waals surface area contributed by atoms with E-state index in [1.165, 1.54) is 12.8 Å². The minimum absolute atomic E-state index is 0.0860. The molecule has 3 heterocycles. The highest BCUT2D eigenvalue weighted by atomic mass is 16.5. The predicted molar refractivity (Wildman–Crippen MR) is 96.7 cm³/mol. The van der Waals surface area contributed by atoms with E-state index < -0.39 is 6.04 Å². The van der Waals surface area contributed by atoms with Gasteiger partial charge in [-0.05, 0) is 24.5 Å². The Hall–Kier alpha value is -2.32. The fraction of sp³-hybridized carbons (Fsp3) is 0.579. The summed E-state index contributed by atoms with van der Waals surface area (Å²) in [5, 5.41) is 7.00. The normalized spacial score (nSPS) is 19.9. The van der Waals surface area contributed by atoms with Crippen molar-refractivity contribution in [3.63, 3.8) is 0 Å². The van der Waals surface area contributed by atoms with Crippen LogP contribution in [0.3, 0.4) is 0 Å². The minimum atomic E-state index is -0.399. The lowest BCUT2D eigenvalue weighted by Crippen LogP contribution is -2.45. The first-order chi connectivity index (χ1) is 13.3. The van der Waals surface area contributed by atoms with Gasteiger partial charge in [0, 0.05) is 31.4 Å². The number of rotatable bonds is 6. The van der Waals surface area contributed by atoms with Crippen LogP contribution in [0.4, 0.5) is 0 Å². The molecular weight excluding hydrogens is 346 g/mol. The Kier molecular flexibility index (Phi) is 5.74. The Morgan fingerprint density at radius 1 is 1.30 bits per heavy atom. The van der Waals surface area contributed by atoms with E-state index in [9.17, 15) is 4.79 Å². The molecule has 1 saturated carbocycles. The van der Waals surface area contributed by atoms with E-state index in [-0.39, 0.29) is 12.5 Å². The Labute approximate surface area is 158 Å². The van der Waals surface area contributed by atoms with Crippen LogP contribution in [0.1, 0.15) is 54.9 Å². The van der Waals surface area contributed by atoms with Crippen molar-refractivity contribution in [3.8, 4) is 0 Å². The van der Waals surface area contributed by atoms with Crippen molar-refractivity contribution in [2.45, 2.75) is 44.2 Å². The summed E-state index contributed by atoms with van der Waals surface area (Å²) in [6.07, 6.45) is 8.09. The van der Waals surface area contributed by atoms with Crippen molar-refractivity contribution < 1.29 is 14.1 Å². The molecule has 1 saturated heterocycles. The van der Waals surface area contributed by atoms with Gasteiger partial charge in [0.1, 0.15) is 6.04 Å². The Balaban J connectivity index is 1.42. The van der Waals surface area contributed by atoms with Gasteiger partial charge < -0.3 is 14.6 Å². The van der Waals surface area contributed by atoms with Crippen LogP contribution in [0.2, 0.25) is 0 Å². The fourth-order valence-corrected chi connectivity index (χ4v) is 3.84. The molecule has 0 bridgehead atoms. The maximum atomic E-state index is 13.0. The first-order valence-electron chi connectivity index (χ1n) is 9.63. The number of carbonyl (C=O) groups excluding carboxylic acids is 1. The van der Waals surface area contributed by atoms with Gasteiger partial charge in [-0.15, -0.1) is 0 Å². The number of morpholine rings is 1. The van der Waals surface area contributed by atoms with Gasteiger partial charge in [-0.3, -0.25) is 14.7 Å². The number of carbonyl (C=O) groups is 1. The molecule has 8 nitrogen and oxygen atoms in total. The van der Waals surface area contributed by atoms with Crippen LogP contribution in [0.15, 0.2) is 29.0 Å². The second-order valence-corrected chi connectivity index (χ2v) is 7.09. The minimum Gasteiger partial charge on any atom is -0.379 e. The lowest BCUT2D eigenvalue weighted by atomic mass is 10.1. The second-order valence-electron chi connectivity index (χ2n) is 7.09. The molecule has 27 heavy (non-hydrogen) atoms. The highest BCUT2D eigenvalue weighted by molar-refractivity contribution is 5.83. The first kappa shape index (κ1) is 18.1. The summed E-state index contributed by atoms with van der Waals surface area (Å²) in [5.41, 5.74) is 0.872. The summed E-state index contributed by atoms with van der Waals surface area (Å²) in [6, 6.07) is 3.38. The van der Waals surface area contributed by atoms with Crippen LogP contribution >= 0.6 is 0 Å². The first-order valence-corrected chi connectivity index (χ1v) is 9.63. The Morgan fingerprint density at radius 3 is 2.85 bits per heavy atom. The molecule has 2 fully saturated rings. The number of pyridine rings is 1. The van der Waals surface area contributed by atoms with Crippen LogP contribution in [0.25, 0.3) is 0 Å². The molecule has 0 radical (unpaired) electrons. The van der Waals surface area contributed by atoms with E-state index in [0.717, 1.165) is 18.4 Å². The quantitative estimate of drug-likeness (QED) is 0.828. The fourth-order valence-electron chi connectivity index (χ4n) is 3.84. The number of hydrogen-bond acceptors (Lipinski definition) is 7. The second kappa shape index (κ2) is 8.58. The summed E-state index contributed by atoms with van der Waals surface area (Å²) < 4.78 is 10.8. The molecule has 1 N–H and O–H groups in total. The smallest absolute Gasteiger partial charge is 0.242 e. The molecule has 0 unspecified atom stereocenters. The predicted octanol–water partition coefficient (Wildman–Crippen LogP) is 1.81. The number of aromatic nitrogens is 3. The summed E-state index contributed by atoms with van der Waals surface area (Å²) >= 11 is 0. The van der Waals surface area contributed by atoms with Gasteiger partial charge in [-0.25, -0.2) is 0 Å². The molecular formula is C19H25N5O3. The van der Waals surface area contributed by atoms with Gasteiger partial charge in [-0.1, -0.05) is 24.1 Å². The van der Waals surface area contributed by atoms with Crippen molar-refractivity contribution in [3.05, 3.63) is 41.8 Å². The SMILES string of the molecule is O=C(NCc1noc(C2CCCC2)n1)[C@H](c1cccnc1)N1CCOCC1. The molecule has 1 atom stereocenters. The third kappa shape index (κ3) is 4.33. The third-order valence-electron chi connectivity index (χ3n) is 5.27. The maximum Gasteiger partial charge on any atom is 0.242 e. The van der Waals surface area contributed by atoms with Crippen molar-refractivity contribution in [2.24, 2.45) is 0 Å². The van der Waals surface area contributed by atoms with Gasteiger partial charge in [0.25, 0.3) is 0 Å². The van der Waals surface area contributed by atoms with Crippen LogP contribution in [-0.2, 0) is 16.1 Å². The van der Waals surface area contributed by atoms with Gasteiger partial charge in [-0.2, -0.15) is 4.98 Å². The average molecular weight is 371 g/mol. The molecule has 0 spiro atoms. The van der Waals surface area contributed by atoms with Crippen LogP contribution in [-0.4, -0.2) is 52.2 Å². The van der Waals surface area contributed by atoms with Crippen molar-refractivity contribution in [1.82, 2.24) is 25.3 Å². The Bertz CT molecular complexity index is 739.